The van der Waals surface area contributed by atoms with Crippen LogP contribution in [0.15, 0.2) is 54.9 Å². The van der Waals surface area contributed by atoms with Crippen LogP contribution in [0.1, 0.15) is 11.1 Å². The molecule has 1 fully saturated rings. The van der Waals surface area contributed by atoms with Gasteiger partial charge in [-0.1, -0.05) is 29.8 Å². The molecule has 0 unspecified atom stereocenters. The van der Waals surface area contributed by atoms with Crippen LogP contribution in [0, 0.1) is 0 Å². The molecule has 0 atom stereocenters. The Hall–Kier alpha value is -2.96. The Kier molecular flexibility index (Phi) is 5.74. The van der Waals surface area contributed by atoms with Crippen molar-refractivity contribution in [2.24, 2.45) is 0 Å². The number of carbonyl (C=O) groups excluding carboxylic acids is 1. The van der Waals surface area contributed by atoms with Crippen molar-refractivity contribution in [2.45, 2.75) is 6.54 Å². The fourth-order valence-electron chi connectivity index (χ4n) is 3.45. The number of nitrogens with zero attached hydrogens (tertiary/aromatic N) is 4. The molecule has 0 radical (unpaired) electrons. The molecule has 0 spiro atoms. The highest BCUT2D eigenvalue weighted by Gasteiger charge is 2.19. The van der Waals surface area contributed by atoms with Gasteiger partial charge in [0.15, 0.2) is 0 Å². The van der Waals surface area contributed by atoms with Gasteiger partial charge in [0.1, 0.15) is 12.1 Å². The summed E-state index contributed by atoms with van der Waals surface area (Å²) in [5.74, 6) is 0.540. The number of piperazine rings is 1. The number of benzene rings is 2. The molecular weight excluding hydrogens is 386 g/mol. The number of rotatable bonds is 4. The third-order valence-electron chi connectivity index (χ3n) is 5.11. The number of halogens is 1. The van der Waals surface area contributed by atoms with Crippen molar-refractivity contribution >= 4 is 40.3 Å². The second-order valence-corrected chi connectivity index (χ2v) is 7.53. The van der Waals surface area contributed by atoms with Gasteiger partial charge in [-0.25, -0.2) is 9.97 Å². The van der Waals surface area contributed by atoms with Crippen LogP contribution in [0.4, 0.5) is 5.82 Å². The van der Waals surface area contributed by atoms with Crippen LogP contribution in [0.5, 0.6) is 0 Å². The van der Waals surface area contributed by atoms with E-state index in [4.69, 9.17) is 17.3 Å². The van der Waals surface area contributed by atoms with E-state index < -0.39 is 0 Å². The summed E-state index contributed by atoms with van der Waals surface area (Å²) in [5, 5.41) is 1.56. The fourth-order valence-corrected chi connectivity index (χ4v) is 3.58. The molecule has 2 aromatic carbocycles. The molecule has 1 saturated heterocycles. The molecule has 1 aliphatic rings. The van der Waals surface area contributed by atoms with E-state index >= 15 is 0 Å². The summed E-state index contributed by atoms with van der Waals surface area (Å²) < 4.78 is 0. The molecule has 148 valence electrons. The lowest BCUT2D eigenvalue weighted by molar-refractivity contribution is -0.127. The molecular formula is C22H22ClN5O. The molecule has 0 saturated carbocycles. The number of nitrogens with two attached hydrogens (primary N) is 1. The van der Waals surface area contributed by atoms with E-state index in [-0.39, 0.29) is 5.91 Å². The number of carbonyl (C=O) groups is 1. The summed E-state index contributed by atoms with van der Waals surface area (Å²) in [6.07, 6.45) is 4.95. The highest BCUT2D eigenvalue weighted by Crippen LogP contribution is 2.19. The highest BCUT2D eigenvalue weighted by atomic mass is 35.5. The number of hydrogen-bond acceptors (Lipinski definition) is 5. The molecule has 7 heteroatoms. The van der Waals surface area contributed by atoms with Gasteiger partial charge in [0.25, 0.3) is 0 Å². The fraction of sp³-hybridized carbons (Fsp3) is 0.227. The van der Waals surface area contributed by atoms with E-state index in [0.717, 1.165) is 36.1 Å². The van der Waals surface area contributed by atoms with Gasteiger partial charge in [0.05, 0.1) is 5.52 Å². The largest absolute Gasteiger partial charge is 0.383 e. The van der Waals surface area contributed by atoms with Crippen LogP contribution in [0.3, 0.4) is 0 Å². The Bertz CT molecular complexity index is 1040. The van der Waals surface area contributed by atoms with Gasteiger partial charge in [0.2, 0.25) is 5.91 Å². The number of hydrogen-bond donors (Lipinski definition) is 1. The smallest absolute Gasteiger partial charge is 0.246 e. The number of aromatic nitrogens is 2. The average molecular weight is 408 g/mol. The second kappa shape index (κ2) is 8.59. The van der Waals surface area contributed by atoms with E-state index in [0.29, 0.717) is 23.9 Å². The molecule has 1 amide bonds. The van der Waals surface area contributed by atoms with E-state index in [1.165, 1.54) is 11.9 Å². The van der Waals surface area contributed by atoms with Crippen molar-refractivity contribution in [1.29, 1.82) is 0 Å². The maximum atomic E-state index is 12.5. The van der Waals surface area contributed by atoms with E-state index in [2.05, 4.69) is 27.0 Å². The lowest BCUT2D eigenvalue weighted by Crippen LogP contribution is -2.47. The molecule has 3 aromatic rings. The first-order valence-corrected chi connectivity index (χ1v) is 9.90. The van der Waals surface area contributed by atoms with Gasteiger partial charge in [-0.2, -0.15) is 0 Å². The Morgan fingerprint density at radius 1 is 1.07 bits per heavy atom. The Balaban J connectivity index is 1.32. The minimum Gasteiger partial charge on any atom is -0.383 e. The Morgan fingerprint density at radius 3 is 2.59 bits per heavy atom. The highest BCUT2D eigenvalue weighted by molar-refractivity contribution is 6.30. The zero-order chi connectivity index (χ0) is 20.2. The number of nitrogen functional groups attached to an aromatic ring is 1. The Labute approximate surface area is 174 Å². The lowest BCUT2D eigenvalue weighted by atomic mass is 10.1. The molecule has 4 rings (SSSR count). The molecule has 0 bridgehead atoms. The third kappa shape index (κ3) is 4.72. The topological polar surface area (TPSA) is 75.3 Å². The van der Waals surface area contributed by atoms with Crippen LogP contribution in [-0.2, 0) is 11.3 Å². The van der Waals surface area contributed by atoms with Gasteiger partial charge in [-0.05, 0) is 41.5 Å². The van der Waals surface area contributed by atoms with Crippen LogP contribution >= 0.6 is 11.6 Å². The van der Waals surface area contributed by atoms with Crippen molar-refractivity contribution in [3.05, 3.63) is 71.0 Å². The number of amides is 1. The normalized spacial score (nSPS) is 15.3. The van der Waals surface area contributed by atoms with Gasteiger partial charge in [-0.3, -0.25) is 9.69 Å². The van der Waals surface area contributed by atoms with Crippen LogP contribution in [-0.4, -0.2) is 51.9 Å². The quantitative estimate of drug-likeness (QED) is 0.672. The lowest BCUT2D eigenvalue weighted by Gasteiger charge is -2.34. The van der Waals surface area contributed by atoms with Crippen LogP contribution in [0.2, 0.25) is 5.02 Å². The predicted molar refractivity (Wildman–Crippen MR) is 116 cm³/mol. The zero-order valence-corrected chi connectivity index (χ0v) is 16.7. The summed E-state index contributed by atoms with van der Waals surface area (Å²) in [5.41, 5.74) is 8.89. The molecule has 1 aliphatic heterocycles. The Morgan fingerprint density at radius 2 is 1.83 bits per heavy atom. The zero-order valence-electron chi connectivity index (χ0n) is 16.0. The van der Waals surface area contributed by atoms with Gasteiger partial charge in [-0.15, -0.1) is 0 Å². The first-order chi connectivity index (χ1) is 14.1. The van der Waals surface area contributed by atoms with Crippen molar-refractivity contribution in [2.75, 3.05) is 31.9 Å². The van der Waals surface area contributed by atoms with Crippen LogP contribution < -0.4 is 5.73 Å². The van der Waals surface area contributed by atoms with E-state index in [9.17, 15) is 4.79 Å². The minimum absolute atomic E-state index is 0.0393. The number of fused-ring (bicyclic) bond motifs is 1. The van der Waals surface area contributed by atoms with E-state index in [1.54, 1.807) is 6.08 Å². The van der Waals surface area contributed by atoms with Gasteiger partial charge >= 0.3 is 0 Å². The summed E-state index contributed by atoms with van der Waals surface area (Å²) in [6, 6.07) is 13.5. The van der Waals surface area contributed by atoms with Crippen molar-refractivity contribution in [3.8, 4) is 0 Å². The summed E-state index contributed by atoms with van der Waals surface area (Å²) >= 11 is 5.89. The second-order valence-electron chi connectivity index (χ2n) is 7.10. The van der Waals surface area contributed by atoms with Gasteiger partial charge in [0, 0.05) is 49.2 Å². The average Bonchev–Trinajstić information content (AvgIpc) is 2.74. The maximum absolute atomic E-state index is 12.5. The SMILES string of the molecule is Nc1ncnc2cc(CN3CCN(C(=O)/C=C/c4ccc(Cl)cc4)CC3)ccc12. The standard InChI is InChI=1S/C22H22ClN5O/c23-18-5-1-16(2-6-18)4-8-21(29)28-11-9-27(10-12-28)14-17-3-7-19-20(13-17)25-15-26-22(19)24/h1-8,13,15H,9-12,14H2,(H2,24,25,26)/b8-4+. The van der Waals surface area contributed by atoms with Crippen molar-refractivity contribution in [1.82, 2.24) is 19.8 Å². The summed E-state index contributed by atoms with van der Waals surface area (Å²) in [7, 11) is 0. The first-order valence-electron chi connectivity index (χ1n) is 9.52. The summed E-state index contributed by atoms with van der Waals surface area (Å²) in [6.45, 7) is 3.93. The van der Waals surface area contributed by atoms with Crippen molar-refractivity contribution < 1.29 is 4.79 Å². The third-order valence-corrected chi connectivity index (χ3v) is 5.36. The van der Waals surface area contributed by atoms with E-state index in [1.807, 2.05) is 41.3 Å². The molecule has 29 heavy (non-hydrogen) atoms. The molecule has 2 heterocycles. The molecule has 2 N–H and O–H groups in total. The maximum Gasteiger partial charge on any atom is 0.246 e. The number of anilines is 1. The van der Waals surface area contributed by atoms with Crippen molar-refractivity contribution in [3.63, 3.8) is 0 Å². The predicted octanol–water partition coefficient (Wildman–Crippen LogP) is 3.22. The molecule has 1 aromatic heterocycles. The van der Waals surface area contributed by atoms with Crippen LogP contribution in [0.25, 0.3) is 17.0 Å². The molecule has 6 nitrogen and oxygen atoms in total. The summed E-state index contributed by atoms with van der Waals surface area (Å²) in [4.78, 5) is 25.0. The molecule has 0 aliphatic carbocycles. The first kappa shape index (κ1) is 19.4. The minimum atomic E-state index is 0.0393. The monoisotopic (exact) mass is 407 g/mol. The van der Waals surface area contributed by atoms with Gasteiger partial charge < -0.3 is 10.6 Å².